The maximum atomic E-state index is 11.9. The van der Waals surface area contributed by atoms with Crippen molar-refractivity contribution in [3.63, 3.8) is 0 Å². The SMILES string of the molecule is NNC(=O)CCOC(C(F)(F)F)C(F)(F)F. The molecule has 0 bridgehead atoms. The zero-order chi connectivity index (χ0) is 13.0. The van der Waals surface area contributed by atoms with Crippen molar-refractivity contribution in [1.82, 2.24) is 5.43 Å². The lowest BCUT2D eigenvalue weighted by atomic mass is 10.3. The van der Waals surface area contributed by atoms with Gasteiger partial charge in [-0.3, -0.25) is 10.2 Å². The summed E-state index contributed by atoms with van der Waals surface area (Å²) in [4.78, 5) is 10.4. The number of alkyl halides is 6. The van der Waals surface area contributed by atoms with Crippen LogP contribution in [0.5, 0.6) is 0 Å². The summed E-state index contributed by atoms with van der Waals surface area (Å²) in [6.07, 6.45) is -15.7. The van der Waals surface area contributed by atoms with Gasteiger partial charge in [-0.2, -0.15) is 26.3 Å². The van der Waals surface area contributed by atoms with E-state index in [1.807, 2.05) is 0 Å². The topological polar surface area (TPSA) is 64.3 Å². The summed E-state index contributed by atoms with van der Waals surface area (Å²) in [6, 6.07) is 0. The number of hydrogen-bond acceptors (Lipinski definition) is 3. The third-order valence-electron chi connectivity index (χ3n) is 1.37. The smallest absolute Gasteiger partial charge is 0.360 e. The van der Waals surface area contributed by atoms with Gasteiger partial charge in [-0.05, 0) is 0 Å². The Morgan fingerprint density at radius 1 is 1.19 bits per heavy atom. The van der Waals surface area contributed by atoms with Crippen LogP contribution in [0, 0.1) is 0 Å². The summed E-state index contributed by atoms with van der Waals surface area (Å²) in [5, 5.41) is 0. The molecule has 3 N–H and O–H groups in total. The van der Waals surface area contributed by atoms with Crippen molar-refractivity contribution in [3.05, 3.63) is 0 Å². The molecule has 0 saturated heterocycles. The Labute approximate surface area is 85.7 Å². The minimum Gasteiger partial charge on any atom is -0.360 e. The average molecular weight is 254 g/mol. The fraction of sp³-hybridized carbons (Fsp3) is 0.833. The van der Waals surface area contributed by atoms with Crippen LogP contribution in [0.15, 0.2) is 0 Å². The highest BCUT2D eigenvalue weighted by atomic mass is 19.4. The Balaban J connectivity index is 4.31. The predicted octanol–water partition coefficient (Wildman–Crippen LogP) is 0.876. The Morgan fingerprint density at radius 3 is 1.94 bits per heavy atom. The Kier molecular flexibility index (Phi) is 5.00. The molecule has 0 radical (unpaired) electrons. The Hall–Kier alpha value is -1.03. The predicted molar refractivity (Wildman–Crippen MR) is 38.8 cm³/mol. The van der Waals surface area contributed by atoms with Crippen LogP contribution in [0.4, 0.5) is 26.3 Å². The van der Waals surface area contributed by atoms with Gasteiger partial charge < -0.3 is 4.74 Å². The third kappa shape index (κ3) is 5.16. The molecule has 0 spiro atoms. The van der Waals surface area contributed by atoms with E-state index in [9.17, 15) is 31.1 Å². The molecule has 0 saturated carbocycles. The first kappa shape index (κ1) is 15.0. The highest BCUT2D eigenvalue weighted by molar-refractivity contribution is 5.75. The summed E-state index contributed by atoms with van der Waals surface area (Å²) >= 11 is 0. The number of carbonyl (C=O) groups is 1. The van der Waals surface area contributed by atoms with Crippen molar-refractivity contribution in [3.8, 4) is 0 Å². The van der Waals surface area contributed by atoms with Crippen LogP contribution >= 0.6 is 0 Å². The van der Waals surface area contributed by atoms with Gasteiger partial charge in [-0.15, -0.1) is 0 Å². The number of hydrogen-bond donors (Lipinski definition) is 2. The number of nitrogens with two attached hydrogens (primary N) is 1. The lowest BCUT2D eigenvalue weighted by molar-refractivity contribution is -0.321. The second-order valence-corrected chi connectivity index (χ2v) is 2.65. The van der Waals surface area contributed by atoms with Gasteiger partial charge >= 0.3 is 12.4 Å². The maximum Gasteiger partial charge on any atom is 0.423 e. The van der Waals surface area contributed by atoms with Gasteiger partial charge in [0, 0.05) is 0 Å². The van der Waals surface area contributed by atoms with Crippen LogP contribution in [0.2, 0.25) is 0 Å². The minimum atomic E-state index is -5.57. The number of hydrazine groups is 1. The van der Waals surface area contributed by atoms with Crippen LogP contribution in [-0.4, -0.2) is 31.0 Å². The summed E-state index contributed by atoms with van der Waals surface area (Å²) in [5.74, 6) is 3.63. The van der Waals surface area contributed by atoms with E-state index in [1.165, 1.54) is 5.43 Å². The molecule has 0 aromatic carbocycles. The van der Waals surface area contributed by atoms with Crippen LogP contribution in [-0.2, 0) is 9.53 Å². The van der Waals surface area contributed by atoms with Crippen LogP contribution < -0.4 is 11.3 Å². The molecule has 96 valence electrons. The zero-order valence-corrected chi connectivity index (χ0v) is 7.65. The van der Waals surface area contributed by atoms with Crippen LogP contribution in [0.25, 0.3) is 0 Å². The largest absolute Gasteiger partial charge is 0.423 e. The highest BCUT2D eigenvalue weighted by Crippen LogP contribution is 2.35. The lowest BCUT2D eigenvalue weighted by Gasteiger charge is -2.22. The fourth-order valence-corrected chi connectivity index (χ4v) is 0.716. The van der Waals surface area contributed by atoms with Gasteiger partial charge in [0.2, 0.25) is 12.0 Å². The summed E-state index contributed by atoms with van der Waals surface area (Å²) in [7, 11) is 0. The zero-order valence-electron chi connectivity index (χ0n) is 7.65. The first-order valence-electron chi connectivity index (χ1n) is 3.83. The fourth-order valence-electron chi connectivity index (χ4n) is 0.716. The van der Waals surface area contributed by atoms with Gasteiger partial charge in [-0.25, -0.2) is 5.84 Å². The van der Waals surface area contributed by atoms with Crippen molar-refractivity contribution < 1.29 is 35.9 Å². The second-order valence-electron chi connectivity index (χ2n) is 2.65. The van der Waals surface area contributed by atoms with E-state index in [0.29, 0.717) is 0 Å². The van der Waals surface area contributed by atoms with Crippen molar-refractivity contribution >= 4 is 5.91 Å². The first-order valence-corrected chi connectivity index (χ1v) is 3.83. The molecule has 0 unspecified atom stereocenters. The normalized spacial score (nSPS) is 13.0. The number of ether oxygens (including phenoxy) is 1. The van der Waals surface area contributed by atoms with E-state index in [-0.39, 0.29) is 0 Å². The van der Waals surface area contributed by atoms with Crippen LogP contribution in [0.3, 0.4) is 0 Å². The molecule has 0 aliphatic carbocycles. The molecular weight excluding hydrogens is 246 g/mol. The van der Waals surface area contributed by atoms with E-state index in [0.717, 1.165) is 0 Å². The lowest BCUT2D eigenvalue weighted by Crippen LogP contribution is -2.45. The number of rotatable bonds is 4. The molecule has 0 aliphatic rings. The molecule has 0 atom stereocenters. The third-order valence-corrected chi connectivity index (χ3v) is 1.37. The Bertz CT molecular complexity index is 224. The van der Waals surface area contributed by atoms with Crippen LogP contribution in [0.1, 0.15) is 6.42 Å². The molecule has 1 amide bonds. The van der Waals surface area contributed by atoms with Gasteiger partial charge in [0.15, 0.2) is 0 Å². The van der Waals surface area contributed by atoms with E-state index < -0.39 is 37.4 Å². The first-order chi connectivity index (χ1) is 7.09. The van der Waals surface area contributed by atoms with Crippen molar-refractivity contribution in [2.75, 3.05) is 6.61 Å². The van der Waals surface area contributed by atoms with E-state index in [4.69, 9.17) is 0 Å². The monoisotopic (exact) mass is 254 g/mol. The molecule has 0 rings (SSSR count). The summed E-state index contributed by atoms with van der Waals surface area (Å²) < 4.78 is 74.7. The second kappa shape index (κ2) is 5.34. The van der Waals surface area contributed by atoms with E-state index in [2.05, 4.69) is 10.6 Å². The molecule has 0 aliphatic heterocycles. The molecule has 0 aromatic rings. The van der Waals surface area contributed by atoms with Crippen molar-refractivity contribution in [1.29, 1.82) is 0 Å². The molecule has 10 heteroatoms. The van der Waals surface area contributed by atoms with Gasteiger partial charge in [-0.1, -0.05) is 0 Å². The van der Waals surface area contributed by atoms with E-state index >= 15 is 0 Å². The molecule has 4 nitrogen and oxygen atoms in total. The number of amides is 1. The molecule has 0 fully saturated rings. The van der Waals surface area contributed by atoms with Gasteiger partial charge in [0.1, 0.15) is 0 Å². The number of nitrogens with one attached hydrogen (secondary N) is 1. The average Bonchev–Trinajstić information content (AvgIpc) is 2.07. The van der Waals surface area contributed by atoms with E-state index in [1.54, 1.807) is 0 Å². The molecule has 0 aromatic heterocycles. The summed E-state index contributed by atoms with van der Waals surface area (Å²) in [5.41, 5.74) is 1.53. The van der Waals surface area contributed by atoms with Gasteiger partial charge in [0.25, 0.3) is 0 Å². The maximum absolute atomic E-state index is 11.9. The minimum absolute atomic E-state index is 0.695. The quantitative estimate of drug-likeness (QED) is 0.339. The van der Waals surface area contributed by atoms with Crippen molar-refractivity contribution in [2.24, 2.45) is 5.84 Å². The standard InChI is InChI=1S/C6H8F6N2O2/c7-5(8,9)4(6(10,11)12)16-2-1-3(15)14-13/h4H,1-2,13H2,(H,14,15). The highest BCUT2D eigenvalue weighted by Gasteiger charge is 2.57. The molecule has 0 heterocycles. The van der Waals surface area contributed by atoms with Gasteiger partial charge in [0.05, 0.1) is 13.0 Å². The molecular formula is C6H8F6N2O2. The Morgan fingerprint density at radius 2 is 1.62 bits per heavy atom. The van der Waals surface area contributed by atoms with Crippen molar-refractivity contribution in [2.45, 2.75) is 24.9 Å². The number of carbonyl (C=O) groups excluding carboxylic acids is 1. The summed E-state index contributed by atoms with van der Waals surface area (Å²) in [6.45, 7) is -1.03. The number of halogens is 6. The molecule has 16 heavy (non-hydrogen) atoms.